The summed E-state index contributed by atoms with van der Waals surface area (Å²) < 4.78 is 5.15. The first kappa shape index (κ1) is 23.1. The number of piperazine rings is 1. The molecule has 4 rings (SSSR count). The van der Waals surface area contributed by atoms with E-state index >= 15 is 0 Å². The third kappa shape index (κ3) is 6.49. The van der Waals surface area contributed by atoms with Gasteiger partial charge in [-0.05, 0) is 67.7 Å². The third-order valence-electron chi connectivity index (χ3n) is 5.48. The summed E-state index contributed by atoms with van der Waals surface area (Å²) in [5, 5.41) is 2.64. The number of anilines is 2. The largest absolute Gasteiger partial charge is 0.443 e. The number of hydrogen-bond acceptors (Lipinski definition) is 7. The highest BCUT2D eigenvalue weighted by molar-refractivity contribution is 6.07. The smallest absolute Gasteiger partial charge is 0.412 e. The number of allylic oxidation sites excluding steroid dienone is 1. The summed E-state index contributed by atoms with van der Waals surface area (Å²) >= 11 is 0. The van der Waals surface area contributed by atoms with Crippen molar-refractivity contribution in [1.82, 2.24) is 14.9 Å². The predicted octanol–water partition coefficient (Wildman–Crippen LogP) is 3.87. The minimum absolute atomic E-state index is 0.0814. The van der Waals surface area contributed by atoms with Gasteiger partial charge in [-0.2, -0.15) is 0 Å². The van der Waals surface area contributed by atoms with E-state index in [4.69, 9.17) is 4.74 Å². The minimum atomic E-state index is -0.587. The van der Waals surface area contributed by atoms with Crippen LogP contribution in [0.15, 0.2) is 72.9 Å². The molecule has 1 fully saturated rings. The SMILES string of the molecule is CN1CCN(c2cccc(/C=C/C(=O)c3ccc(NC(=O)OCc4ccccn4)cc3)n2)CC1. The molecule has 0 radical (unpaired) electrons. The molecule has 1 N–H and O–H groups in total. The number of ketones is 1. The predicted molar refractivity (Wildman–Crippen MR) is 132 cm³/mol. The number of aromatic nitrogens is 2. The van der Waals surface area contributed by atoms with Crippen molar-refractivity contribution in [3.8, 4) is 0 Å². The maximum atomic E-state index is 12.6. The molecule has 8 nitrogen and oxygen atoms in total. The van der Waals surface area contributed by atoms with Gasteiger partial charge in [0.15, 0.2) is 5.78 Å². The van der Waals surface area contributed by atoms with Gasteiger partial charge in [0.05, 0.1) is 11.4 Å². The quantitative estimate of drug-likeness (QED) is 0.426. The maximum absolute atomic E-state index is 12.6. The third-order valence-corrected chi connectivity index (χ3v) is 5.48. The van der Waals surface area contributed by atoms with Crippen molar-refractivity contribution in [1.29, 1.82) is 0 Å². The van der Waals surface area contributed by atoms with Gasteiger partial charge in [-0.1, -0.05) is 12.1 Å². The Morgan fingerprint density at radius 1 is 1.00 bits per heavy atom. The molecule has 0 aliphatic carbocycles. The van der Waals surface area contributed by atoms with Crippen molar-refractivity contribution >= 4 is 29.5 Å². The van der Waals surface area contributed by atoms with Gasteiger partial charge in [-0.25, -0.2) is 9.78 Å². The number of amides is 1. The summed E-state index contributed by atoms with van der Waals surface area (Å²) in [6.07, 6.45) is 4.29. The standard InChI is InChI=1S/C26H27N5O3/c1-30-15-17-31(18-16-30)25-7-4-6-21(28-25)12-13-24(32)20-8-10-22(11-9-20)29-26(33)34-19-23-5-2-3-14-27-23/h2-14H,15-19H2,1H3,(H,29,33)/b13-12+. The van der Waals surface area contributed by atoms with Crippen molar-refractivity contribution in [2.45, 2.75) is 6.61 Å². The topological polar surface area (TPSA) is 87.7 Å². The van der Waals surface area contributed by atoms with E-state index in [0.717, 1.165) is 37.7 Å². The molecule has 0 saturated carbocycles. The van der Waals surface area contributed by atoms with Crippen molar-refractivity contribution in [2.24, 2.45) is 0 Å². The Labute approximate surface area is 198 Å². The Balaban J connectivity index is 1.30. The lowest BCUT2D eigenvalue weighted by atomic mass is 10.1. The van der Waals surface area contributed by atoms with Gasteiger partial charge in [0.1, 0.15) is 12.4 Å². The first-order chi connectivity index (χ1) is 16.6. The highest BCUT2D eigenvalue weighted by atomic mass is 16.5. The number of benzene rings is 1. The van der Waals surface area contributed by atoms with Crippen LogP contribution >= 0.6 is 0 Å². The molecule has 2 aromatic heterocycles. The number of carbonyl (C=O) groups is 2. The fraction of sp³-hybridized carbons (Fsp3) is 0.231. The number of hydrogen-bond donors (Lipinski definition) is 1. The fourth-order valence-corrected chi connectivity index (χ4v) is 3.50. The molecule has 1 amide bonds. The van der Waals surface area contributed by atoms with E-state index in [-0.39, 0.29) is 12.4 Å². The van der Waals surface area contributed by atoms with Crippen LogP contribution in [0.3, 0.4) is 0 Å². The van der Waals surface area contributed by atoms with Gasteiger partial charge < -0.3 is 14.5 Å². The van der Waals surface area contributed by atoms with E-state index in [0.29, 0.717) is 16.9 Å². The average molecular weight is 458 g/mol. The molecular weight excluding hydrogens is 430 g/mol. The van der Waals surface area contributed by atoms with E-state index in [1.165, 1.54) is 6.08 Å². The second kappa shape index (κ2) is 11.2. The first-order valence-corrected chi connectivity index (χ1v) is 11.1. The number of rotatable bonds is 7. The van der Waals surface area contributed by atoms with Crippen LogP contribution in [-0.2, 0) is 11.3 Å². The van der Waals surface area contributed by atoms with Gasteiger partial charge in [0, 0.05) is 43.6 Å². The highest BCUT2D eigenvalue weighted by Gasteiger charge is 2.15. The highest BCUT2D eigenvalue weighted by Crippen LogP contribution is 2.16. The lowest BCUT2D eigenvalue weighted by Crippen LogP contribution is -2.44. The molecule has 3 heterocycles. The van der Waals surface area contributed by atoms with E-state index in [9.17, 15) is 9.59 Å². The summed E-state index contributed by atoms with van der Waals surface area (Å²) in [6, 6.07) is 17.9. The Bertz CT molecular complexity index is 1140. The molecule has 0 unspecified atom stereocenters. The van der Waals surface area contributed by atoms with E-state index in [2.05, 4.69) is 32.1 Å². The molecular formula is C26H27N5O3. The van der Waals surface area contributed by atoms with E-state index in [1.54, 1.807) is 48.7 Å². The molecule has 1 saturated heterocycles. The molecule has 0 bridgehead atoms. The molecule has 1 aliphatic heterocycles. The normalized spacial score (nSPS) is 14.2. The number of likely N-dealkylation sites (N-methyl/N-ethyl adjacent to an activating group) is 1. The van der Waals surface area contributed by atoms with Crippen LogP contribution in [0.4, 0.5) is 16.3 Å². The monoisotopic (exact) mass is 457 g/mol. The van der Waals surface area contributed by atoms with Gasteiger partial charge in [0.2, 0.25) is 0 Å². The fourth-order valence-electron chi connectivity index (χ4n) is 3.50. The molecule has 3 aromatic rings. The summed E-state index contributed by atoms with van der Waals surface area (Å²) in [5.41, 5.74) is 2.44. The molecule has 0 spiro atoms. The van der Waals surface area contributed by atoms with Crippen LogP contribution in [-0.4, -0.2) is 60.0 Å². The number of nitrogens with one attached hydrogen (secondary N) is 1. The van der Waals surface area contributed by atoms with Crippen LogP contribution < -0.4 is 10.2 Å². The number of ether oxygens (including phenoxy) is 1. The van der Waals surface area contributed by atoms with Gasteiger partial charge in [-0.3, -0.25) is 15.1 Å². The van der Waals surface area contributed by atoms with Gasteiger partial charge in [0.25, 0.3) is 0 Å². The lowest BCUT2D eigenvalue weighted by Gasteiger charge is -2.33. The molecule has 1 aromatic carbocycles. The molecule has 174 valence electrons. The summed E-state index contributed by atoms with van der Waals surface area (Å²) in [7, 11) is 2.12. The number of pyridine rings is 2. The molecule has 0 atom stereocenters. The lowest BCUT2D eigenvalue weighted by molar-refractivity contribution is 0.104. The van der Waals surface area contributed by atoms with Crippen LogP contribution in [0.25, 0.3) is 6.08 Å². The zero-order valence-corrected chi connectivity index (χ0v) is 19.1. The molecule has 34 heavy (non-hydrogen) atoms. The second-order valence-corrected chi connectivity index (χ2v) is 8.01. The van der Waals surface area contributed by atoms with E-state index in [1.807, 2.05) is 24.3 Å². The van der Waals surface area contributed by atoms with Gasteiger partial charge >= 0.3 is 6.09 Å². The Morgan fingerprint density at radius 3 is 2.53 bits per heavy atom. The summed E-state index contributed by atoms with van der Waals surface area (Å²) in [6.45, 7) is 3.97. The first-order valence-electron chi connectivity index (χ1n) is 11.1. The zero-order chi connectivity index (χ0) is 23.8. The molecule has 8 heteroatoms. The Morgan fingerprint density at radius 2 is 1.79 bits per heavy atom. The maximum Gasteiger partial charge on any atom is 0.412 e. The number of nitrogens with zero attached hydrogens (tertiary/aromatic N) is 4. The zero-order valence-electron chi connectivity index (χ0n) is 19.1. The Hall–Kier alpha value is -4.04. The van der Waals surface area contributed by atoms with Crippen molar-refractivity contribution < 1.29 is 14.3 Å². The Kier molecular flexibility index (Phi) is 7.62. The van der Waals surface area contributed by atoms with Gasteiger partial charge in [-0.15, -0.1) is 0 Å². The van der Waals surface area contributed by atoms with Crippen LogP contribution in [0.1, 0.15) is 21.7 Å². The van der Waals surface area contributed by atoms with Crippen molar-refractivity contribution in [3.63, 3.8) is 0 Å². The van der Waals surface area contributed by atoms with Crippen molar-refractivity contribution in [3.05, 3.63) is 89.9 Å². The summed E-state index contributed by atoms with van der Waals surface area (Å²) in [4.78, 5) is 37.9. The van der Waals surface area contributed by atoms with Crippen LogP contribution in [0.5, 0.6) is 0 Å². The second-order valence-electron chi connectivity index (χ2n) is 8.01. The minimum Gasteiger partial charge on any atom is -0.443 e. The van der Waals surface area contributed by atoms with Crippen molar-refractivity contribution in [2.75, 3.05) is 43.4 Å². The van der Waals surface area contributed by atoms with E-state index < -0.39 is 6.09 Å². The summed E-state index contributed by atoms with van der Waals surface area (Å²) in [5.74, 6) is 0.782. The average Bonchev–Trinajstić information content (AvgIpc) is 2.88. The number of carbonyl (C=O) groups excluding carboxylic acids is 2. The van der Waals surface area contributed by atoms with Crippen LogP contribution in [0, 0.1) is 0 Å². The van der Waals surface area contributed by atoms with Crippen LogP contribution in [0.2, 0.25) is 0 Å². The molecule has 1 aliphatic rings.